The van der Waals surface area contributed by atoms with Crippen molar-refractivity contribution in [3.8, 4) is 5.75 Å². The Morgan fingerprint density at radius 1 is 0.950 bits per heavy atom. The van der Waals surface area contributed by atoms with Crippen molar-refractivity contribution in [2.75, 3.05) is 30.8 Å². The molecule has 1 atom stereocenters. The molecule has 1 N–H and O–H groups in total. The maximum Gasteiger partial charge on any atom is 0.242 e. The second-order valence-electron chi connectivity index (χ2n) is 9.31. The Labute approximate surface area is 241 Å². The number of hydrogen-bond donors (Lipinski definition) is 1. The van der Waals surface area contributed by atoms with E-state index in [1.54, 1.807) is 48.3 Å². The second-order valence-corrected chi connectivity index (χ2v) is 11.7. The molecule has 3 rings (SSSR count). The highest BCUT2D eigenvalue weighted by molar-refractivity contribution is 7.92. The summed E-state index contributed by atoms with van der Waals surface area (Å²) in [6, 6.07) is 22.8. The molecule has 0 aromatic heterocycles. The van der Waals surface area contributed by atoms with Crippen LogP contribution in [0.25, 0.3) is 0 Å². The molecule has 3 aromatic carbocycles. The van der Waals surface area contributed by atoms with Gasteiger partial charge in [-0.15, -0.1) is 0 Å². The number of carbonyl (C=O) groups is 2. The summed E-state index contributed by atoms with van der Waals surface area (Å²) in [7, 11) is -2.11. The quantitative estimate of drug-likeness (QED) is 0.297. The van der Waals surface area contributed by atoms with Crippen molar-refractivity contribution in [3.05, 3.63) is 95.0 Å². The summed E-state index contributed by atoms with van der Waals surface area (Å²) in [5, 5.41) is 3.27. The Morgan fingerprint density at radius 3 is 2.23 bits per heavy atom. The molecule has 0 aliphatic carbocycles. The molecule has 0 spiro atoms. The predicted octanol–water partition coefficient (Wildman–Crippen LogP) is 4.67. The van der Waals surface area contributed by atoms with Crippen LogP contribution in [0.5, 0.6) is 5.75 Å². The average molecular weight is 586 g/mol. The van der Waals surface area contributed by atoms with E-state index in [-0.39, 0.29) is 37.7 Å². The van der Waals surface area contributed by atoms with Crippen LogP contribution in [0.15, 0.2) is 78.9 Å². The Kier molecular flexibility index (Phi) is 11.4. The van der Waals surface area contributed by atoms with Gasteiger partial charge in [0.25, 0.3) is 0 Å². The van der Waals surface area contributed by atoms with Gasteiger partial charge in [0, 0.05) is 38.0 Å². The lowest BCUT2D eigenvalue weighted by Gasteiger charge is -2.31. The SMILES string of the molecule is CCOc1ccccc1N(CCCC(=O)N(Cc1ccc(Cl)cc1)C(Cc1ccccc1)C(=O)NC)S(C)(=O)=O. The van der Waals surface area contributed by atoms with Gasteiger partial charge in [-0.3, -0.25) is 13.9 Å². The lowest BCUT2D eigenvalue weighted by Crippen LogP contribution is -2.49. The van der Waals surface area contributed by atoms with Gasteiger partial charge in [-0.25, -0.2) is 8.42 Å². The lowest BCUT2D eigenvalue weighted by molar-refractivity contribution is -0.141. The number of para-hydroxylation sites is 2. The minimum absolute atomic E-state index is 0.0404. The highest BCUT2D eigenvalue weighted by Crippen LogP contribution is 2.30. The summed E-state index contributed by atoms with van der Waals surface area (Å²) < 4.78 is 32.3. The monoisotopic (exact) mass is 585 g/mol. The molecule has 10 heteroatoms. The van der Waals surface area contributed by atoms with Crippen LogP contribution in [0.1, 0.15) is 30.9 Å². The molecule has 40 heavy (non-hydrogen) atoms. The minimum Gasteiger partial charge on any atom is -0.492 e. The number of nitrogens with zero attached hydrogens (tertiary/aromatic N) is 2. The van der Waals surface area contributed by atoms with E-state index in [2.05, 4.69) is 5.32 Å². The number of nitrogens with one attached hydrogen (secondary N) is 1. The van der Waals surface area contributed by atoms with Crippen LogP contribution in [0.3, 0.4) is 0 Å². The maximum absolute atomic E-state index is 13.7. The average Bonchev–Trinajstić information content (AvgIpc) is 2.94. The third-order valence-electron chi connectivity index (χ3n) is 6.37. The van der Waals surface area contributed by atoms with Crippen LogP contribution in [0.2, 0.25) is 5.02 Å². The predicted molar refractivity (Wildman–Crippen MR) is 159 cm³/mol. The molecule has 8 nitrogen and oxygen atoms in total. The number of amides is 2. The van der Waals surface area contributed by atoms with E-state index < -0.39 is 16.1 Å². The van der Waals surface area contributed by atoms with Gasteiger partial charge in [-0.05, 0) is 48.7 Å². The number of benzene rings is 3. The molecule has 0 aliphatic heterocycles. The molecule has 0 bridgehead atoms. The van der Waals surface area contributed by atoms with Crippen molar-refractivity contribution in [1.82, 2.24) is 10.2 Å². The Morgan fingerprint density at radius 2 is 1.60 bits per heavy atom. The van der Waals surface area contributed by atoms with E-state index in [1.807, 2.05) is 49.4 Å². The van der Waals surface area contributed by atoms with Crippen LogP contribution in [0, 0.1) is 0 Å². The number of anilines is 1. The van der Waals surface area contributed by atoms with Gasteiger partial charge in [0.2, 0.25) is 21.8 Å². The Hall–Kier alpha value is -3.56. The lowest BCUT2D eigenvalue weighted by atomic mass is 10.0. The molecule has 0 radical (unpaired) electrons. The van der Waals surface area contributed by atoms with Crippen molar-refractivity contribution >= 4 is 39.1 Å². The van der Waals surface area contributed by atoms with Crippen LogP contribution in [0.4, 0.5) is 5.69 Å². The fourth-order valence-corrected chi connectivity index (χ4v) is 5.53. The van der Waals surface area contributed by atoms with Crippen molar-refractivity contribution in [1.29, 1.82) is 0 Å². The molecular weight excluding hydrogens is 550 g/mol. The molecule has 0 heterocycles. The van der Waals surface area contributed by atoms with Gasteiger partial charge in [0.1, 0.15) is 11.8 Å². The third kappa shape index (κ3) is 8.72. The van der Waals surface area contributed by atoms with Crippen molar-refractivity contribution < 1.29 is 22.7 Å². The third-order valence-corrected chi connectivity index (χ3v) is 7.80. The first-order valence-corrected chi connectivity index (χ1v) is 15.4. The first kappa shape index (κ1) is 31.0. The Balaban J connectivity index is 1.85. The van der Waals surface area contributed by atoms with E-state index in [0.29, 0.717) is 29.5 Å². The first-order chi connectivity index (χ1) is 19.1. The van der Waals surface area contributed by atoms with Gasteiger partial charge < -0.3 is 15.0 Å². The molecular formula is C30H36ClN3O5S. The summed E-state index contributed by atoms with van der Waals surface area (Å²) >= 11 is 6.06. The smallest absolute Gasteiger partial charge is 0.242 e. The van der Waals surface area contributed by atoms with Gasteiger partial charge >= 0.3 is 0 Å². The summed E-state index contributed by atoms with van der Waals surface area (Å²) in [6.45, 7) is 2.49. The van der Waals surface area contributed by atoms with Gasteiger partial charge in [0.05, 0.1) is 18.6 Å². The number of halogens is 1. The summed E-state index contributed by atoms with van der Waals surface area (Å²) in [5.74, 6) is -0.0887. The van der Waals surface area contributed by atoms with E-state index in [0.717, 1.165) is 17.4 Å². The number of rotatable bonds is 14. The molecule has 0 aliphatic rings. The number of sulfonamides is 1. The topological polar surface area (TPSA) is 96.0 Å². The highest BCUT2D eigenvalue weighted by Gasteiger charge is 2.30. The second kappa shape index (κ2) is 14.7. The zero-order chi connectivity index (χ0) is 29.1. The normalized spacial score (nSPS) is 11.9. The fraction of sp³-hybridized carbons (Fsp3) is 0.333. The van der Waals surface area contributed by atoms with Crippen molar-refractivity contribution in [2.24, 2.45) is 0 Å². The molecule has 0 fully saturated rings. The van der Waals surface area contributed by atoms with E-state index >= 15 is 0 Å². The van der Waals surface area contributed by atoms with Crippen LogP contribution >= 0.6 is 11.6 Å². The first-order valence-electron chi connectivity index (χ1n) is 13.1. The molecule has 214 valence electrons. The fourth-order valence-electron chi connectivity index (χ4n) is 4.43. The van der Waals surface area contributed by atoms with E-state index in [1.165, 1.54) is 4.31 Å². The molecule has 3 aromatic rings. The molecule has 0 saturated heterocycles. The van der Waals surface area contributed by atoms with Crippen LogP contribution < -0.4 is 14.4 Å². The van der Waals surface area contributed by atoms with Gasteiger partial charge in [0.15, 0.2) is 0 Å². The van der Waals surface area contributed by atoms with Crippen LogP contribution in [-0.4, -0.2) is 57.6 Å². The van der Waals surface area contributed by atoms with Gasteiger partial charge in [-0.1, -0.05) is 66.2 Å². The van der Waals surface area contributed by atoms with Gasteiger partial charge in [-0.2, -0.15) is 0 Å². The summed E-state index contributed by atoms with van der Waals surface area (Å²) in [4.78, 5) is 28.4. The molecule has 1 unspecified atom stereocenters. The number of hydrogen-bond acceptors (Lipinski definition) is 5. The highest BCUT2D eigenvalue weighted by atomic mass is 35.5. The zero-order valence-electron chi connectivity index (χ0n) is 23.0. The minimum atomic E-state index is -3.65. The van der Waals surface area contributed by atoms with Crippen LogP contribution in [-0.2, 0) is 32.6 Å². The Bertz CT molecular complexity index is 1370. The van der Waals surface area contributed by atoms with Crippen molar-refractivity contribution in [3.63, 3.8) is 0 Å². The van der Waals surface area contributed by atoms with E-state index in [4.69, 9.17) is 16.3 Å². The maximum atomic E-state index is 13.7. The standard InChI is InChI=1S/C30H36ClN3O5S/c1-4-39-28-14-9-8-13-26(28)34(40(3,37)38)20-10-15-29(35)33(22-24-16-18-25(31)19-17-24)27(30(36)32-2)21-23-11-6-5-7-12-23/h5-9,11-14,16-19,27H,4,10,15,20-22H2,1-3H3,(H,32,36). The number of ether oxygens (including phenoxy) is 1. The van der Waals surface area contributed by atoms with Crippen molar-refractivity contribution in [2.45, 2.75) is 38.8 Å². The summed E-state index contributed by atoms with van der Waals surface area (Å²) in [6.07, 6.45) is 1.75. The summed E-state index contributed by atoms with van der Waals surface area (Å²) in [5.41, 5.74) is 2.16. The number of likely N-dealkylation sites (N-methyl/N-ethyl adjacent to an activating group) is 1. The number of carbonyl (C=O) groups excluding carboxylic acids is 2. The molecule has 2 amide bonds. The largest absolute Gasteiger partial charge is 0.492 e. The molecule has 0 saturated carbocycles. The van der Waals surface area contributed by atoms with E-state index in [9.17, 15) is 18.0 Å². The zero-order valence-corrected chi connectivity index (χ0v) is 24.6.